The van der Waals surface area contributed by atoms with Crippen molar-refractivity contribution in [2.45, 2.75) is 38.3 Å². The molecule has 0 unspecified atom stereocenters. The minimum Gasteiger partial charge on any atom is -0.368 e. The van der Waals surface area contributed by atoms with Gasteiger partial charge in [-0.05, 0) is 55.6 Å². The number of aromatic nitrogens is 1. The zero-order valence-corrected chi connectivity index (χ0v) is 19.3. The van der Waals surface area contributed by atoms with Gasteiger partial charge in [-0.2, -0.15) is 0 Å². The van der Waals surface area contributed by atoms with E-state index in [0.717, 1.165) is 42.3 Å². The van der Waals surface area contributed by atoms with E-state index in [2.05, 4.69) is 14.2 Å². The van der Waals surface area contributed by atoms with E-state index in [1.54, 1.807) is 35.8 Å². The Kier molecular flexibility index (Phi) is 9.48. The lowest BCUT2D eigenvalue weighted by molar-refractivity contribution is -0.124. The molecule has 1 aliphatic heterocycles. The number of halogens is 1. The number of amides is 1. The van der Waals surface area contributed by atoms with Crippen LogP contribution in [0.4, 0.5) is 10.1 Å². The van der Waals surface area contributed by atoms with Gasteiger partial charge in [0.1, 0.15) is 5.67 Å². The van der Waals surface area contributed by atoms with Crippen LogP contribution in [0.25, 0.3) is 6.08 Å². The molecule has 3 rings (SSSR count). The minimum atomic E-state index is -1.44. The number of hydroxylamine groups is 1. The molecule has 0 spiro atoms. The van der Waals surface area contributed by atoms with Crippen molar-refractivity contribution in [3.05, 3.63) is 59.9 Å². The molecule has 1 aromatic heterocycles. The Morgan fingerprint density at radius 3 is 2.42 bits per heavy atom. The van der Waals surface area contributed by atoms with Crippen LogP contribution in [0, 0.1) is 0 Å². The summed E-state index contributed by atoms with van der Waals surface area (Å²) in [6.45, 7) is 10.4. The molecule has 2 aromatic rings. The molecule has 1 aliphatic rings. The van der Waals surface area contributed by atoms with Crippen LogP contribution >= 0.6 is 11.9 Å². The summed E-state index contributed by atoms with van der Waals surface area (Å²) in [5, 5.41) is 8.64. The molecule has 2 N–H and O–H groups in total. The number of carbonyl (C=O) groups excluding carboxylic acids is 1. The predicted octanol–water partition coefficient (Wildman–Crippen LogP) is 4.66. The Morgan fingerprint density at radius 2 is 1.84 bits per heavy atom. The molecule has 31 heavy (non-hydrogen) atoms. The molecule has 1 amide bonds. The Morgan fingerprint density at radius 1 is 1.16 bits per heavy atom. The third-order valence-electron chi connectivity index (χ3n) is 4.62. The van der Waals surface area contributed by atoms with E-state index in [9.17, 15) is 9.18 Å². The molecular weight excluding hydrogens is 415 g/mol. The van der Waals surface area contributed by atoms with Crippen LogP contribution in [-0.4, -0.2) is 46.6 Å². The number of rotatable bonds is 6. The van der Waals surface area contributed by atoms with E-state index < -0.39 is 11.6 Å². The molecular formula is C23H31FN4O2S. The zero-order valence-electron chi connectivity index (χ0n) is 18.5. The highest BCUT2D eigenvalue weighted by atomic mass is 32.2. The molecule has 1 fully saturated rings. The molecule has 0 saturated carbocycles. The van der Waals surface area contributed by atoms with Crippen LogP contribution in [0.15, 0.2) is 53.6 Å². The van der Waals surface area contributed by atoms with Gasteiger partial charge in [0.25, 0.3) is 5.91 Å². The molecule has 2 heterocycles. The van der Waals surface area contributed by atoms with Crippen LogP contribution in [0.3, 0.4) is 0 Å². The second-order valence-corrected chi connectivity index (χ2v) is 8.40. The third-order valence-corrected chi connectivity index (χ3v) is 5.70. The maximum absolute atomic E-state index is 13.9. The zero-order chi connectivity index (χ0) is 22.9. The van der Waals surface area contributed by atoms with Crippen molar-refractivity contribution in [1.82, 2.24) is 14.8 Å². The van der Waals surface area contributed by atoms with Crippen molar-refractivity contribution >= 4 is 29.6 Å². The Balaban J connectivity index is 0.00000166. The van der Waals surface area contributed by atoms with E-state index in [-0.39, 0.29) is 0 Å². The fourth-order valence-corrected chi connectivity index (χ4v) is 3.95. The van der Waals surface area contributed by atoms with E-state index in [1.165, 1.54) is 19.9 Å². The maximum atomic E-state index is 13.9. The summed E-state index contributed by atoms with van der Waals surface area (Å²) in [5.41, 5.74) is 2.57. The largest absolute Gasteiger partial charge is 0.368 e. The average molecular weight is 447 g/mol. The van der Waals surface area contributed by atoms with Gasteiger partial charge in [-0.15, -0.1) is 0 Å². The monoisotopic (exact) mass is 446 g/mol. The number of anilines is 1. The fourth-order valence-electron chi connectivity index (χ4n) is 3.07. The van der Waals surface area contributed by atoms with Crippen molar-refractivity contribution in [2.75, 3.05) is 31.1 Å². The number of benzene rings is 1. The number of hydrogen-bond donors (Lipinski definition) is 2. The molecule has 1 saturated heterocycles. The lowest BCUT2D eigenvalue weighted by Crippen LogP contribution is -2.43. The first-order chi connectivity index (χ1) is 14.9. The Bertz CT molecular complexity index is 861. The highest BCUT2D eigenvalue weighted by Gasteiger charge is 2.22. The van der Waals surface area contributed by atoms with Gasteiger partial charge in [-0.3, -0.25) is 15.0 Å². The lowest BCUT2D eigenvalue weighted by Gasteiger charge is -2.36. The number of nitrogens with zero attached hydrogens (tertiary/aromatic N) is 3. The number of piperazine rings is 1. The number of para-hydroxylation sites is 1. The van der Waals surface area contributed by atoms with Crippen LogP contribution in [0.1, 0.15) is 39.0 Å². The topological polar surface area (TPSA) is 68.7 Å². The van der Waals surface area contributed by atoms with E-state index >= 15 is 0 Å². The van der Waals surface area contributed by atoms with Crippen molar-refractivity contribution in [2.24, 2.45) is 0 Å². The molecule has 168 valence electrons. The van der Waals surface area contributed by atoms with Crippen LogP contribution < -0.4 is 10.4 Å². The summed E-state index contributed by atoms with van der Waals surface area (Å²) >= 11 is 1.63. The number of carbonyl (C=O) groups is 1. The first kappa shape index (κ1) is 24.8. The minimum absolute atomic E-state index is 0.436. The highest BCUT2D eigenvalue weighted by molar-refractivity contribution is 7.97. The fraction of sp³-hybridized carbons (Fsp3) is 0.391. The van der Waals surface area contributed by atoms with Gasteiger partial charge >= 0.3 is 0 Å². The number of nitrogens with one attached hydrogen (secondary N) is 1. The van der Waals surface area contributed by atoms with Gasteiger partial charge in [-0.1, -0.05) is 32.0 Å². The Labute approximate surface area is 188 Å². The van der Waals surface area contributed by atoms with Gasteiger partial charge in [0, 0.05) is 49.0 Å². The number of pyridine rings is 1. The van der Waals surface area contributed by atoms with E-state index in [4.69, 9.17) is 5.21 Å². The SMILES string of the molecule is CC.CC(C)(F)c1ccc(SN2CCN(c3ccccc3/C=C/C(=O)NO)CC2)cn1. The van der Waals surface area contributed by atoms with Crippen molar-refractivity contribution in [1.29, 1.82) is 0 Å². The number of hydrogen-bond acceptors (Lipinski definition) is 6. The summed E-state index contributed by atoms with van der Waals surface area (Å²) < 4.78 is 16.2. The predicted molar refractivity (Wildman–Crippen MR) is 125 cm³/mol. The smallest absolute Gasteiger partial charge is 0.267 e. The first-order valence-electron chi connectivity index (χ1n) is 10.4. The average Bonchev–Trinajstić information content (AvgIpc) is 2.79. The summed E-state index contributed by atoms with van der Waals surface area (Å²) in [4.78, 5) is 18.8. The molecule has 1 aromatic carbocycles. The van der Waals surface area contributed by atoms with Crippen molar-refractivity contribution < 1.29 is 14.4 Å². The van der Waals surface area contributed by atoms with Gasteiger partial charge in [0.05, 0.1) is 5.69 Å². The normalized spacial score (nSPS) is 14.8. The van der Waals surface area contributed by atoms with Gasteiger partial charge in [0.2, 0.25) is 0 Å². The van der Waals surface area contributed by atoms with Gasteiger partial charge in [0.15, 0.2) is 0 Å². The molecule has 8 heteroatoms. The molecule has 0 aliphatic carbocycles. The van der Waals surface area contributed by atoms with Crippen LogP contribution in [0.2, 0.25) is 0 Å². The summed E-state index contributed by atoms with van der Waals surface area (Å²) in [6.07, 6.45) is 4.72. The summed E-state index contributed by atoms with van der Waals surface area (Å²) in [7, 11) is 0. The van der Waals surface area contributed by atoms with Crippen LogP contribution in [-0.2, 0) is 10.5 Å². The summed E-state index contributed by atoms with van der Waals surface area (Å²) in [6, 6.07) is 11.5. The quantitative estimate of drug-likeness (QED) is 0.291. The highest BCUT2D eigenvalue weighted by Crippen LogP contribution is 2.29. The lowest BCUT2D eigenvalue weighted by atomic mass is 10.1. The second kappa shape index (κ2) is 11.8. The Hall–Kier alpha value is -2.42. The van der Waals surface area contributed by atoms with Gasteiger partial charge < -0.3 is 4.90 Å². The molecule has 0 bridgehead atoms. The maximum Gasteiger partial charge on any atom is 0.267 e. The van der Waals surface area contributed by atoms with Gasteiger partial charge in [-0.25, -0.2) is 14.2 Å². The first-order valence-corrected chi connectivity index (χ1v) is 11.2. The van der Waals surface area contributed by atoms with Crippen molar-refractivity contribution in [3.8, 4) is 0 Å². The molecule has 6 nitrogen and oxygen atoms in total. The van der Waals surface area contributed by atoms with Crippen molar-refractivity contribution in [3.63, 3.8) is 0 Å². The molecule has 0 atom stereocenters. The van der Waals surface area contributed by atoms with E-state index in [0.29, 0.717) is 5.69 Å². The second-order valence-electron chi connectivity index (χ2n) is 7.23. The van der Waals surface area contributed by atoms with E-state index in [1.807, 2.05) is 44.2 Å². The standard InChI is InChI=1S/C21H25FN4O2S.C2H6/c1-21(2,22)19-9-8-17(15-23-19)29-26-13-11-25(12-14-26)18-6-4-3-5-16(18)7-10-20(27)24-28;1-2/h3-10,15,28H,11-14H2,1-2H3,(H,24,27);1-2H3/b10-7+;. The summed E-state index contributed by atoms with van der Waals surface area (Å²) in [5.74, 6) is -0.559. The van der Waals surface area contributed by atoms with Crippen LogP contribution in [0.5, 0.6) is 0 Å². The molecule has 0 radical (unpaired) electrons. The third kappa shape index (κ3) is 7.34. The number of alkyl halides is 1.